The van der Waals surface area contributed by atoms with Gasteiger partial charge in [-0.3, -0.25) is 9.69 Å². The van der Waals surface area contributed by atoms with Crippen molar-refractivity contribution < 1.29 is 13.6 Å². The monoisotopic (exact) mass is 268 g/mol. The lowest BCUT2D eigenvalue weighted by molar-refractivity contribution is -0.121. The number of halogens is 2. The minimum atomic E-state index is -0.624. The lowest BCUT2D eigenvalue weighted by Crippen LogP contribution is -2.44. The summed E-state index contributed by atoms with van der Waals surface area (Å²) in [5.74, 6) is -1.49. The number of piperidine rings is 1. The van der Waals surface area contributed by atoms with Crippen LogP contribution < -0.4 is 5.32 Å². The van der Waals surface area contributed by atoms with E-state index in [9.17, 15) is 13.6 Å². The summed E-state index contributed by atoms with van der Waals surface area (Å²) in [6.45, 7) is 3.54. The molecule has 0 saturated carbocycles. The van der Waals surface area contributed by atoms with Crippen LogP contribution in [-0.2, 0) is 4.79 Å². The van der Waals surface area contributed by atoms with Crippen molar-refractivity contribution in [3.05, 3.63) is 29.8 Å². The number of hydrogen-bond donors (Lipinski definition) is 1. The summed E-state index contributed by atoms with van der Waals surface area (Å²) in [5.41, 5.74) is -0.103. The summed E-state index contributed by atoms with van der Waals surface area (Å²) in [7, 11) is 0. The van der Waals surface area contributed by atoms with Gasteiger partial charge in [-0.05, 0) is 45.0 Å². The van der Waals surface area contributed by atoms with Crippen LogP contribution >= 0.6 is 0 Å². The summed E-state index contributed by atoms with van der Waals surface area (Å²) < 4.78 is 26.5. The zero-order valence-electron chi connectivity index (χ0n) is 11.0. The quantitative estimate of drug-likeness (QED) is 0.914. The molecule has 19 heavy (non-hydrogen) atoms. The van der Waals surface area contributed by atoms with Gasteiger partial charge >= 0.3 is 0 Å². The molecule has 1 atom stereocenters. The Hall–Kier alpha value is -1.49. The molecule has 1 heterocycles. The maximum Gasteiger partial charge on any atom is 0.241 e. The molecule has 3 nitrogen and oxygen atoms in total. The molecule has 5 heteroatoms. The van der Waals surface area contributed by atoms with Crippen molar-refractivity contribution in [2.24, 2.45) is 0 Å². The van der Waals surface area contributed by atoms with Crippen molar-refractivity contribution in [1.82, 2.24) is 4.90 Å². The van der Waals surface area contributed by atoms with Crippen molar-refractivity contribution >= 4 is 11.6 Å². The number of anilines is 1. The zero-order chi connectivity index (χ0) is 13.8. The fraction of sp³-hybridized carbons (Fsp3) is 0.500. The van der Waals surface area contributed by atoms with E-state index in [0.717, 1.165) is 44.1 Å². The third-order valence-corrected chi connectivity index (χ3v) is 3.50. The number of hydrogen-bond acceptors (Lipinski definition) is 2. The first kappa shape index (κ1) is 13.9. The molecule has 1 fully saturated rings. The SMILES string of the molecule is CC(C(=O)Nc1cc(F)ccc1F)N1CCCCC1. The van der Waals surface area contributed by atoms with E-state index in [-0.39, 0.29) is 17.6 Å². The fourth-order valence-corrected chi connectivity index (χ4v) is 2.30. The van der Waals surface area contributed by atoms with Crippen LogP contribution in [0, 0.1) is 11.6 Å². The molecular weight excluding hydrogens is 250 g/mol. The Morgan fingerprint density at radius 3 is 2.63 bits per heavy atom. The first-order chi connectivity index (χ1) is 9.08. The van der Waals surface area contributed by atoms with Gasteiger partial charge in [0.1, 0.15) is 11.6 Å². The van der Waals surface area contributed by atoms with Crippen LogP contribution in [0.3, 0.4) is 0 Å². The van der Waals surface area contributed by atoms with E-state index in [2.05, 4.69) is 10.2 Å². The van der Waals surface area contributed by atoms with Crippen LogP contribution in [-0.4, -0.2) is 29.9 Å². The molecule has 1 aromatic carbocycles. The minimum absolute atomic E-state index is 0.103. The van der Waals surface area contributed by atoms with E-state index in [4.69, 9.17) is 0 Å². The van der Waals surface area contributed by atoms with Gasteiger partial charge in [0.15, 0.2) is 0 Å². The summed E-state index contributed by atoms with van der Waals surface area (Å²) in [6, 6.07) is 2.70. The van der Waals surface area contributed by atoms with Crippen molar-refractivity contribution in [3.8, 4) is 0 Å². The van der Waals surface area contributed by atoms with Gasteiger partial charge < -0.3 is 5.32 Å². The molecule has 1 amide bonds. The van der Waals surface area contributed by atoms with Crippen LogP contribution in [0.15, 0.2) is 18.2 Å². The maximum absolute atomic E-state index is 13.4. The summed E-state index contributed by atoms with van der Waals surface area (Å²) in [5, 5.41) is 2.45. The minimum Gasteiger partial charge on any atom is -0.322 e. The molecule has 1 aliphatic heterocycles. The number of amides is 1. The fourth-order valence-electron chi connectivity index (χ4n) is 2.30. The molecular formula is C14H18F2N2O. The third-order valence-electron chi connectivity index (χ3n) is 3.50. The van der Waals surface area contributed by atoms with Gasteiger partial charge in [-0.15, -0.1) is 0 Å². The Balaban J connectivity index is 2.01. The van der Waals surface area contributed by atoms with E-state index in [1.54, 1.807) is 6.92 Å². The number of likely N-dealkylation sites (tertiary alicyclic amines) is 1. The van der Waals surface area contributed by atoms with Crippen LogP contribution in [0.5, 0.6) is 0 Å². The van der Waals surface area contributed by atoms with Gasteiger partial charge in [0.05, 0.1) is 11.7 Å². The van der Waals surface area contributed by atoms with Gasteiger partial charge in [0, 0.05) is 6.07 Å². The molecule has 0 aromatic heterocycles. The Kier molecular flexibility index (Phi) is 4.47. The molecule has 0 radical (unpaired) electrons. The predicted octanol–water partition coefficient (Wildman–Crippen LogP) is 2.78. The molecule has 1 N–H and O–H groups in total. The summed E-state index contributed by atoms with van der Waals surface area (Å²) in [6.07, 6.45) is 3.33. The van der Waals surface area contributed by atoms with E-state index in [1.807, 2.05) is 0 Å². The number of carbonyl (C=O) groups is 1. The summed E-state index contributed by atoms with van der Waals surface area (Å²) >= 11 is 0. The Morgan fingerprint density at radius 2 is 1.95 bits per heavy atom. The Labute approximate surface area is 111 Å². The van der Waals surface area contributed by atoms with Gasteiger partial charge in [0.2, 0.25) is 5.91 Å². The van der Waals surface area contributed by atoms with Gasteiger partial charge in [-0.2, -0.15) is 0 Å². The maximum atomic E-state index is 13.4. The van der Waals surface area contributed by atoms with Crippen LogP contribution in [0.1, 0.15) is 26.2 Å². The largest absolute Gasteiger partial charge is 0.322 e. The van der Waals surface area contributed by atoms with Gasteiger partial charge in [0.25, 0.3) is 0 Å². The van der Waals surface area contributed by atoms with Crippen molar-refractivity contribution in [2.75, 3.05) is 18.4 Å². The molecule has 2 rings (SSSR count). The van der Waals surface area contributed by atoms with Crippen LogP contribution in [0.4, 0.5) is 14.5 Å². The van der Waals surface area contributed by atoms with E-state index >= 15 is 0 Å². The lowest BCUT2D eigenvalue weighted by Gasteiger charge is -2.31. The number of rotatable bonds is 3. The summed E-state index contributed by atoms with van der Waals surface area (Å²) in [4.78, 5) is 14.1. The van der Waals surface area contributed by atoms with E-state index in [1.165, 1.54) is 6.42 Å². The smallest absolute Gasteiger partial charge is 0.241 e. The molecule has 1 aromatic rings. The third kappa shape index (κ3) is 3.50. The standard InChI is InChI=1S/C14H18F2N2O/c1-10(18-7-3-2-4-8-18)14(19)17-13-9-11(15)5-6-12(13)16/h5-6,9-10H,2-4,7-8H2,1H3,(H,17,19). The van der Waals surface area contributed by atoms with Gasteiger partial charge in [-0.25, -0.2) is 8.78 Å². The highest BCUT2D eigenvalue weighted by atomic mass is 19.1. The lowest BCUT2D eigenvalue weighted by atomic mass is 10.1. The van der Waals surface area contributed by atoms with Crippen LogP contribution in [0.25, 0.3) is 0 Å². The first-order valence-electron chi connectivity index (χ1n) is 6.58. The highest BCUT2D eigenvalue weighted by Crippen LogP contribution is 2.17. The average Bonchev–Trinajstić information content (AvgIpc) is 2.43. The molecule has 0 spiro atoms. The predicted molar refractivity (Wildman–Crippen MR) is 69.9 cm³/mol. The molecule has 1 unspecified atom stereocenters. The second kappa shape index (κ2) is 6.10. The van der Waals surface area contributed by atoms with E-state index < -0.39 is 11.6 Å². The first-order valence-corrected chi connectivity index (χ1v) is 6.58. The van der Waals surface area contributed by atoms with Crippen molar-refractivity contribution in [2.45, 2.75) is 32.2 Å². The van der Waals surface area contributed by atoms with Crippen molar-refractivity contribution in [3.63, 3.8) is 0 Å². The average molecular weight is 268 g/mol. The normalized spacial score (nSPS) is 18.1. The zero-order valence-corrected chi connectivity index (χ0v) is 11.0. The molecule has 104 valence electrons. The second-order valence-electron chi connectivity index (χ2n) is 4.89. The number of nitrogens with one attached hydrogen (secondary N) is 1. The molecule has 0 aliphatic carbocycles. The van der Waals surface area contributed by atoms with E-state index in [0.29, 0.717) is 0 Å². The highest BCUT2D eigenvalue weighted by Gasteiger charge is 2.23. The number of nitrogens with zero attached hydrogens (tertiary/aromatic N) is 1. The molecule has 1 aliphatic rings. The molecule has 1 saturated heterocycles. The van der Waals surface area contributed by atoms with Crippen LogP contribution in [0.2, 0.25) is 0 Å². The second-order valence-corrected chi connectivity index (χ2v) is 4.89. The Morgan fingerprint density at radius 1 is 1.26 bits per heavy atom. The number of benzene rings is 1. The number of carbonyl (C=O) groups excluding carboxylic acids is 1. The van der Waals surface area contributed by atoms with Crippen molar-refractivity contribution in [1.29, 1.82) is 0 Å². The topological polar surface area (TPSA) is 32.3 Å². The van der Waals surface area contributed by atoms with Gasteiger partial charge in [-0.1, -0.05) is 6.42 Å². The molecule has 0 bridgehead atoms. The Bertz CT molecular complexity index is 459. The highest BCUT2D eigenvalue weighted by molar-refractivity contribution is 5.94.